The highest BCUT2D eigenvalue weighted by Gasteiger charge is 2.36. The molecular formula is C12H14F3NO. The molecule has 0 saturated carbocycles. The van der Waals surface area contributed by atoms with Gasteiger partial charge in [-0.3, -0.25) is 0 Å². The standard InChI is InChI=1S/C12H14F3NO/c1-8-6-16-7-11(17-8)9-4-2-3-5-10(9)12(13,14)15/h2-5,8,11,16H,6-7H2,1H3. The van der Waals surface area contributed by atoms with Crippen molar-refractivity contribution in [2.24, 2.45) is 0 Å². The van der Waals surface area contributed by atoms with E-state index < -0.39 is 17.8 Å². The van der Waals surface area contributed by atoms with E-state index in [4.69, 9.17) is 4.74 Å². The van der Waals surface area contributed by atoms with Gasteiger partial charge in [0.1, 0.15) is 0 Å². The second kappa shape index (κ2) is 4.66. The summed E-state index contributed by atoms with van der Waals surface area (Å²) < 4.78 is 44.0. The minimum absolute atomic E-state index is 0.0740. The van der Waals surface area contributed by atoms with Gasteiger partial charge < -0.3 is 10.1 Å². The zero-order valence-corrected chi connectivity index (χ0v) is 9.42. The Labute approximate surface area is 97.8 Å². The van der Waals surface area contributed by atoms with E-state index in [2.05, 4.69) is 5.32 Å². The van der Waals surface area contributed by atoms with Gasteiger partial charge in [0.2, 0.25) is 0 Å². The van der Waals surface area contributed by atoms with Gasteiger partial charge in [0.05, 0.1) is 17.8 Å². The van der Waals surface area contributed by atoms with Crippen molar-refractivity contribution in [1.29, 1.82) is 0 Å². The van der Waals surface area contributed by atoms with E-state index in [1.165, 1.54) is 12.1 Å². The molecular weight excluding hydrogens is 231 g/mol. The minimum Gasteiger partial charge on any atom is -0.368 e. The predicted molar refractivity (Wildman–Crippen MR) is 57.6 cm³/mol. The Balaban J connectivity index is 2.31. The average Bonchev–Trinajstić information content (AvgIpc) is 2.28. The van der Waals surface area contributed by atoms with Crippen LogP contribution in [0.4, 0.5) is 13.2 Å². The maximum atomic E-state index is 12.8. The lowest BCUT2D eigenvalue weighted by Gasteiger charge is -2.30. The van der Waals surface area contributed by atoms with E-state index in [0.717, 1.165) is 6.07 Å². The highest BCUT2D eigenvalue weighted by atomic mass is 19.4. The van der Waals surface area contributed by atoms with Gasteiger partial charge >= 0.3 is 6.18 Å². The first-order valence-corrected chi connectivity index (χ1v) is 5.51. The number of halogens is 3. The first-order chi connectivity index (χ1) is 7.98. The van der Waals surface area contributed by atoms with Crippen molar-refractivity contribution >= 4 is 0 Å². The number of ether oxygens (including phenoxy) is 1. The topological polar surface area (TPSA) is 21.3 Å². The SMILES string of the molecule is CC1CNCC(c2ccccc2C(F)(F)F)O1. The summed E-state index contributed by atoms with van der Waals surface area (Å²) in [5, 5.41) is 3.07. The molecule has 1 aromatic rings. The van der Waals surface area contributed by atoms with Gasteiger partial charge in [-0.05, 0) is 18.6 Å². The van der Waals surface area contributed by atoms with Gasteiger partial charge in [-0.25, -0.2) is 0 Å². The van der Waals surface area contributed by atoms with Gasteiger partial charge in [0.15, 0.2) is 0 Å². The molecule has 1 N–H and O–H groups in total. The van der Waals surface area contributed by atoms with Crippen LogP contribution in [0.3, 0.4) is 0 Å². The molecule has 2 atom stereocenters. The Morgan fingerprint density at radius 3 is 2.59 bits per heavy atom. The minimum atomic E-state index is -4.33. The lowest BCUT2D eigenvalue weighted by atomic mass is 10.0. The van der Waals surface area contributed by atoms with E-state index in [1.807, 2.05) is 6.92 Å². The van der Waals surface area contributed by atoms with Crippen molar-refractivity contribution in [3.8, 4) is 0 Å². The van der Waals surface area contributed by atoms with E-state index >= 15 is 0 Å². The summed E-state index contributed by atoms with van der Waals surface area (Å²) in [4.78, 5) is 0. The fourth-order valence-electron chi connectivity index (χ4n) is 2.01. The molecule has 1 heterocycles. The third kappa shape index (κ3) is 2.79. The molecule has 94 valence electrons. The van der Waals surface area contributed by atoms with Crippen LogP contribution in [0.5, 0.6) is 0 Å². The highest BCUT2D eigenvalue weighted by molar-refractivity contribution is 5.32. The van der Waals surface area contributed by atoms with Crippen molar-refractivity contribution in [2.45, 2.75) is 25.3 Å². The van der Waals surface area contributed by atoms with Crippen LogP contribution in [0, 0.1) is 0 Å². The molecule has 0 aliphatic carbocycles. The fourth-order valence-corrected chi connectivity index (χ4v) is 2.01. The first kappa shape index (κ1) is 12.4. The molecule has 0 aromatic heterocycles. The maximum Gasteiger partial charge on any atom is 0.416 e. The van der Waals surface area contributed by atoms with Gasteiger partial charge in [0.25, 0.3) is 0 Å². The summed E-state index contributed by atoms with van der Waals surface area (Å²) in [6, 6.07) is 5.57. The van der Waals surface area contributed by atoms with Gasteiger partial charge in [-0.1, -0.05) is 18.2 Å². The molecule has 0 spiro atoms. The first-order valence-electron chi connectivity index (χ1n) is 5.51. The molecule has 1 aliphatic rings. The highest BCUT2D eigenvalue weighted by Crippen LogP contribution is 2.36. The summed E-state index contributed by atoms with van der Waals surface area (Å²) >= 11 is 0. The van der Waals surface area contributed by atoms with Crippen molar-refractivity contribution in [2.75, 3.05) is 13.1 Å². The van der Waals surface area contributed by atoms with Crippen molar-refractivity contribution < 1.29 is 17.9 Å². The quantitative estimate of drug-likeness (QED) is 0.821. The smallest absolute Gasteiger partial charge is 0.368 e. The van der Waals surface area contributed by atoms with Crippen LogP contribution in [0.25, 0.3) is 0 Å². The Hall–Kier alpha value is -1.07. The van der Waals surface area contributed by atoms with E-state index in [1.54, 1.807) is 6.07 Å². The number of hydrogen-bond donors (Lipinski definition) is 1. The zero-order chi connectivity index (χ0) is 12.5. The second-order valence-electron chi connectivity index (χ2n) is 4.18. The Kier molecular flexibility index (Phi) is 3.40. The molecule has 2 rings (SSSR count). The average molecular weight is 245 g/mol. The number of nitrogens with one attached hydrogen (secondary N) is 1. The van der Waals surface area contributed by atoms with E-state index in [9.17, 15) is 13.2 Å². The normalized spacial score (nSPS) is 25.9. The summed E-state index contributed by atoms with van der Waals surface area (Å²) in [6.45, 7) is 2.93. The van der Waals surface area contributed by atoms with E-state index in [0.29, 0.717) is 13.1 Å². The predicted octanol–water partition coefficient (Wildman–Crippen LogP) is 2.75. The van der Waals surface area contributed by atoms with Crippen LogP contribution in [-0.2, 0) is 10.9 Å². The molecule has 1 aliphatic heterocycles. The molecule has 1 saturated heterocycles. The van der Waals surface area contributed by atoms with E-state index in [-0.39, 0.29) is 11.7 Å². The molecule has 1 aromatic carbocycles. The van der Waals surface area contributed by atoms with Crippen LogP contribution < -0.4 is 5.32 Å². The zero-order valence-electron chi connectivity index (χ0n) is 9.42. The van der Waals surface area contributed by atoms with Gasteiger partial charge in [0, 0.05) is 13.1 Å². The van der Waals surface area contributed by atoms with Crippen molar-refractivity contribution in [3.05, 3.63) is 35.4 Å². The van der Waals surface area contributed by atoms with Crippen LogP contribution in [0.1, 0.15) is 24.2 Å². The number of benzene rings is 1. The van der Waals surface area contributed by atoms with Gasteiger partial charge in [-0.15, -0.1) is 0 Å². The van der Waals surface area contributed by atoms with Crippen molar-refractivity contribution in [1.82, 2.24) is 5.32 Å². The van der Waals surface area contributed by atoms with Gasteiger partial charge in [-0.2, -0.15) is 13.2 Å². The second-order valence-corrected chi connectivity index (χ2v) is 4.18. The molecule has 2 unspecified atom stereocenters. The van der Waals surface area contributed by atoms with Crippen LogP contribution in [0.15, 0.2) is 24.3 Å². The third-order valence-corrected chi connectivity index (χ3v) is 2.77. The fraction of sp³-hybridized carbons (Fsp3) is 0.500. The summed E-state index contributed by atoms with van der Waals surface area (Å²) in [7, 11) is 0. The number of morpholine rings is 1. The molecule has 0 amide bonds. The van der Waals surface area contributed by atoms with Crippen LogP contribution in [0.2, 0.25) is 0 Å². The Bertz CT molecular complexity index is 392. The van der Waals surface area contributed by atoms with Crippen LogP contribution >= 0.6 is 0 Å². The molecule has 5 heteroatoms. The Morgan fingerprint density at radius 2 is 1.94 bits per heavy atom. The van der Waals surface area contributed by atoms with Crippen LogP contribution in [-0.4, -0.2) is 19.2 Å². The lowest BCUT2D eigenvalue weighted by Crippen LogP contribution is -2.39. The lowest BCUT2D eigenvalue weighted by molar-refractivity contribution is -0.140. The molecule has 2 nitrogen and oxygen atoms in total. The third-order valence-electron chi connectivity index (χ3n) is 2.77. The summed E-state index contributed by atoms with van der Waals surface area (Å²) in [6.07, 6.45) is -4.94. The van der Waals surface area contributed by atoms with Crippen molar-refractivity contribution in [3.63, 3.8) is 0 Å². The molecule has 17 heavy (non-hydrogen) atoms. The maximum absolute atomic E-state index is 12.8. The monoisotopic (exact) mass is 245 g/mol. The number of alkyl halides is 3. The number of hydrogen-bond acceptors (Lipinski definition) is 2. The number of rotatable bonds is 1. The summed E-state index contributed by atoms with van der Waals surface area (Å²) in [5.74, 6) is 0. The largest absolute Gasteiger partial charge is 0.416 e. The molecule has 1 fully saturated rings. The Morgan fingerprint density at radius 1 is 1.24 bits per heavy atom. The summed E-state index contributed by atoms with van der Waals surface area (Å²) in [5.41, 5.74) is -0.403. The molecule has 0 radical (unpaired) electrons. The molecule has 0 bridgehead atoms.